The van der Waals surface area contributed by atoms with Crippen molar-refractivity contribution in [2.75, 3.05) is 11.5 Å². The Morgan fingerprint density at radius 3 is 2.67 bits per heavy atom. The topological polar surface area (TPSA) is 92.9 Å². The number of rotatable bonds is 3. The summed E-state index contributed by atoms with van der Waals surface area (Å²) in [5.74, 6) is -0.514. The highest BCUT2D eigenvalue weighted by Crippen LogP contribution is 2.41. The normalized spacial score (nSPS) is 15.2. The molecule has 6 heteroatoms. The molecule has 0 atom stereocenters. The van der Waals surface area contributed by atoms with Gasteiger partial charge < -0.3 is 15.6 Å². The van der Waals surface area contributed by atoms with Crippen LogP contribution in [0.3, 0.4) is 0 Å². The molecule has 1 heterocycles. The van der Waals surface area contributed by atoms with Gasteiger partial charge in [0.15, 0.2) is 0 Å². The Balaban J connectivity index is 2.21. The van der Waals surface area contributed by atoms with E-state index in [1.807, 2.05) is 6.92 Å². The molecule has 0 aromatic heterocycles. The minimum Gasteiger partial charge on any atom is -0.506 e. The van der Waals surface area contributed by atoms with Crippen LogP contribution in [-0.2, 0) is 4.79 Å². The first kappa shape index (κ1) is 15.6. The van der Waals surface area contributed by atoms with Crippen molar-refractivity contribution in [1.29, 1.82) is 0 Å². The van der Waals surface area contributed by atoms with Crippen molar-refractivity contribution in [2.45, 2.75) is 6.92 Å². The van der Waals surface area contributed by atoms with Gasteiger partial charge in [-0.05, 0) is 13.0 Å². The molecular weight excluding hydrogens is 308 g/mol. The predicted molar refractivity (Wildman–Crippen MR) is 89.4 cm³/mol. The van der Waals surface area contributed by atoms with Gasteiger partial charge in [-0.1, -0.05) is 30.3 Å². The third-order valence-corrected chi connectivity index (χ3v) is 3.63. The van der Waals surface area contributed by atoms with Gasteiger partial charge in [-0.2, -0.15) is 0 Å². The van der Waals surface area contributed by atoms with Crippen molar-refractivity contribution in [2.24, 2.45) is 5.73 Å². The fourth-order valence-electron chi connectivity index (χ4n) is 2.61. The molecule has 2 aromatic carbocycles. The number of fused-ring (bicyclic) bond motifs is 1. The van der Waals surface area contributed by atoms with E-state index in [2.05, 4.69) is 6.07 Å². The number of ether oxygens (including phenoxy) is 1. The largest absolute Gasteiger partial charge is 0.506 e. The molecule has 1 aliphatic heterocycles. The van der Waals surface area contributed by atoms with Crippen LogP contribution in [0.15, 0.2) is 42.5 Å². The van der Waals surface area contributed by atoms with Crippen LogP contribution >= 0.6 is 0 Å². The Morgan fingerprint density at radius 2 is 2.04 bits per heavy atom. The maximum absolute atomic E-state index is 12.6. The molecule has 3 amide bonds. The highest BCUT2D eigenvalue weighted by Gasteiger charge is 2.38. The second kappa shape index (κ2) is 6.08. The number of carbonyl (C=O) groups excluding carboxylic acids is 2. The lowest BCUT2D eigenvalue weighted by molar-refractivity contribution is -0.112. The van der Waals surface area contributed by atoms with E-state index in [0.717, 1.165) is 4.90 Å². The summed E-state index contributed by atoms with van der Waals surface area (Å²) in [6.45, 7) is 2.22. The van der Waals surface area contributed by atoms with Crippen molar-refractivity contribution < 1.29 is 19.4 Å². The summed E-state index contributed by atoms with van der Waals surface area (Å²) < 4.78 is 5.35. The summed E-state index contributed by atoms with van der Waals surface area (Å²) in [7, 11) is 0. The average molecular weight is 323 g/mol. The van der Waals surface area contributed by atoms with Crippen LogP contribution in [0, 0.1) is 6.07 Å². The number of imide groups is 1. The van der Waals surface area contributed by atoms with E-state index in [4.69, 9.17) is 10.5 Å². The van der Waals surface area contributed by atoms with Crippen LogP contribution in [-0.4, -0.2) is 23.7 Å². The molecule has 0 unspecified atom stereocenters. The number of anilines is 1. The minimum atomic E-state index is -0.925. The predicted octanol–water partition coefficient (Wildman–Crippen LogP) is 2.74. The number of benzene rings is 2. The molecule has 0 saturated heterocycles. The Kier molecular flexibility index (Phi) is 3.95. The number of carbonyl (C=O) groups is 2. The molecular formula is C18H15N2O4. The minimum absolute atomic E-state index is 0.00861. The number of nitrogens with zero attached hydrogens (tertiary/aromatic N) is 1. The van der Waals surface area contributed by atoms with Crippen LogP contribution in [0.4, 0.5) is 10.5 Å². The first-order chi connectivity index (χ1) is 11.5. The third kappa shape index (κ3) is 2.48. The maximum atomic E-state index is 12.6. The monoisotopic (exact) mass is 323 g/mol. The lowest BCUT2D eigenvalue weighted by Crippen LogP contribution is -2.38. The summed E-state index contributed by atoms with van der Waals surface area (Å²) >= 11 is 0. The van der Waals surface area contributed by atoms with Gasteiger partial charge in [0.2, 0.25) is 0 Å². The number of primary amides is 1. The number of urea groups is 1. The Labute approximate surface area is 138 Å². The van der Waals surface area contributed by atoms with Gasteiger partial charge in [-0.25, -0.2) is 9.69 Å². The summed E-state index contributed by atoms with van der Waals surface area (Å²) in [5, 5.41) is 10.5. The lowest BCUT2D eigenvalue weighted by Gasteiger charge is -2.12. The maximum Gasteiger partial charge on any atom is 0.326 e. The smallest absolute Gasteiger partial charge is 0.326 e. The molecule has 0 aliphatic carbocycles. The standard InChI is InChI=1S/C18H15N2O4/c1-2-24-12-8-9-13-14(10-12)20(18(19)23)17(22)15(13)16(21)11-6-4-3-5-7-11/h3-7,9-10,21H,2H2,1H3,(H2,19,23)/b16-15-. The summed E-state index contributed by atoms with van der Waals surface area (Å²) in [4.78, 5) is 25.2. The van der Waals surface area contributed by atoms with Crippen molar-refractivity contribution in [3.63, 3.8) is 0 Å². The van der Waals surface area contributed by atoms with Gasteiger partial charge >= 0.3 is 6.03 Å². The number of nitrogens with two attached hydrogens (primary N) is 1. The van der Waals surface area contributed by atoms with Crippen LogP contribution in [0.2, 0.25) is 0 Å². The SMILES string of the molecule is CCOc1[c]cc2c(c1)N(C(N)=O)C(=O)/C2=C(\O)c1ccccc1. The summed E-state index contributed by atoms with van der Waals surface area (Å²) in [6, 6.07) is 13.6. The van der Waals surface area contributed by atoms with Crippen molar-refractivity contribution in [3.8, 4) is 5.75 Å². The number of hydrogen-bond donors (Lipinski definition) is 2. The second-order valence-electron chi connectivity index (χ2n) is 5.10. The molecule has 0 fully saturated rings. The molecule has 1 radical (unpaired) electrons. The second-order valence-corrected chi connectivity index (χ2v) is 5.10. The molecule has 0 bridgehead atoms. The zero-order chi connectivity index (χ0) is 17.3. The van der Waals surface area contributed by atoms with E-state index in [1.54, 1.807) is 30.3 Å². The molecule has 2 aromatic rings. The zero-order valence-corrected chi connectivity index (χ0v) is 12.9. The van der Waals surface area contributed by atoms with Crippen molar-refractivity contribution in [3.05, 3.63) is 59.7 Å². The fraction of sp³-hybridized carbons (Fsp3) is 0.111. The van der Waals surface area contributed by atoms with E-state index in [9.17, 15) is 14.7 Å². The summed E-state index contributed by atoms with van der Waals surface area (Å²) in [5.41, 5.74) is 6.46. The van der Waals surface area contributed by atoms with E-state index >= 15 is 0 Å². The summed E-state index contributed by atoms with van der Waals surface area (Å²) in [6.07, 6.45) is 0. The fourth-order valence-corrected chi connectivity index (χ4v) is 2.61. The van der Waals surface area contributed by atoms with Crippen molar-refractivity contribution >= 4 is 29.0 Å². The van der Waals surface area contributed by atoms with Gasteiger partial charge in [-0.3, -0.25) is 4.79 Å². The number of aliphatic hydroxyl groups excluding tert-OH is 1. The van der Waals surface area contributed by atoms with E-state index in [0.29, 0.717) is 23.5 Å². The van der Waals surface area contributed by atoms with Crippen LogP contribution in [0.5, 0.6) is 5.75 Å². The molecule has 3 N–H and O–H groups in total. The number of aliphatic hydroxyl groups is 1. The highest BCUT2D eigenvalue weighted by molar-refractivity contribution is 6.42. The van der Waals surface area contributed by atoms with Gasteiger partial charge in [0, 0.05) is 23.3 Å². The Bertz CT molecular complexity index is 843. The third-order valence-electron chi connectivity index (χ3n) is 3.63. The molecule has 121 valence electrons. The Morgan fingerprint density at radius 1 is 1.33 bits per heavy atom. The molecule has 0 saturated carbocycles. The quantitative estimate of drug-likeness (QED) is 0.671. The number of amides is 3. The van der Waals surface area contributed by atoms with Gasteiger partial charge in [0.05, 0.1) is 17.9 Å². The zero-order valence-electron chi connectivity index (χ0n) is 12.9. The van der Waals surface area contributed by atoms with Gasteiger partial charge in [-0.15, -0.1) is 0 Å². The lowest BCUT2D eigenvalue weighted by atomic mass is 10.0. The average Bonchev–Trinajstić information content (AvgIpc) is 2.86. The van der Waals surface area contributed by atoms with E-state index < -0.39 is 11.9 Å². The highest BCUT2D eigenvalue weighted by atomic mass is 16.5. The van der Waals surface area contributed by atoms with E-state index in [1.165, 1.54) is 12.1 Å². The first-order valence-corrected chi connectivity index (χ1v) is 7.36. The van der Waals surface area contributed by atoms with E-state index in [-0.39, 0.29) is 17.0 Å². The van der Waals surface area contributed by atoms with Crippen LogP contribution < -0.4 is 15.4 Å². The van der Waals surface area contributed by atoms with Gasteiger partial charge in [0.25, 0.3) is 5.91 Å². The molecule has 6 nitrogen and oxygen atoms in total. The van der Waals surface area contributed by atoms with Crippen molar-refractivity contribution in [1.82, 2.24) is 0 Å². The molecule has 24 heavy (non-hydrogen) atoms. The molecule has 0 spiro atoms. The molecule has 1 aliphatic rings. The Hall–Kier alpha value is -3.28. The van der Waals surface area contributed by atoms with Crippen LogP contribution in [0.25, 0.3) is 11.3 Å². The number of hydrogen-bond acceptors (Lipinski definition) is 4. The first-order valence-electron chi connectivity index (χ1n) is 7.36. The molecule has 3 rings (SSSR count). The van der Waals surface area contributed by atoms with Crippen LogP contribution in [0.1, 0.15) is 18.1 Å². The van der Waals surface area contributed by atoms with Gasteiger partial charge in [0.1, 0.15) is 11.5 Å².